The van der Waals surface area contributed by atoms with Gasteiger partial charge >= 0.3 is 5.97 Å². The highest BCUT2D eigenvalue weighted by molar-refractivity contribution is 6.07. The van der Waals surface area contributed by atoms with Crippen molar-refractivity contribution >= 4 is 17.6 Å². The van der Waals surface area contributed by atoms with Gasteiger partial charge in [0.05, 0.1) is 29.9 Å². The normalized spacial score (nSPS) is 13.1. The Bertz CT molecular complexity index is 1150. The summed E-state index contributed by atoms with van der Waals surface area (Å²) in [7, 11) is 0. The zero-order chi connectivity index (χ0) is 22.1. The molecule has 0 radical (unpaired) electrons. The summed E-state index contributed by atoms with van der Waals surface area (Å²) in [4.78, 5) is 27.0. The van der Waals surface area contributed by atoms with Gasteiger partial charge in [0.25, 0.3) is 5.91 Å². The number of halogens is 1. The SMILES string of the molecule is CCOC(=O)c1cnn(-c2ccc(C(=O)N3CCCc4cc(F)cc(C)c43)cc2)c1C. The molecule has 0 fully saturated rings. The molecule has 0 spiro atoms. The molecule has 1 aromatic heterocycles. The van der Waals surface area contributed by atoms with Crippen LogP contribution in [0.25, 0.3) is 5.69 Å². The van der Waals surface area contributed by atoms with Crippen molar-refractivity contribution in [2.24, 2.45) is 0 Å². The minimum Gasteiger partial charge on any atom is -0.462 e. The van der Waals surface area contributed by atoms with E-state index in [-0.39, 0.29) is 11.7 Å². The van der Waals surface area contributed by atoms with Crippen LogP contribution in [-0.4, -0.2) is 34.8 Å². The second-order valence-electron chi connectivity index (χ2n) is 7.61. The van der Waals surface area contributed by atoms with Gasteiger partial charge < -0.3 is 9.64 Å². The minimum absolute atomic E-state index is 0.119. The predicted molar refractivity (Wildman–Crippen MR) is 115 cm³/mol. The molecule has 160 valence electrons. The molecule has 0 bridgehead atoms. The Hall–Kier alpha value is -3.48. The maximum atomic E-state index is 13.8. The Kier molecular flexibility index (Phi) is 5.59. The monoisotopic (exact) mass is 421 g/mol. The number of aryl methyl sites for hydroxylation is 2. The average molecular weight is 421 g/mol. The van der Waals surface area contributed by atoms with Crippen LogP contribution in [0.4, 0.5) is 10.1 Å². The molecular weight excluding hydrogens is 397 g/mol. The number of hydrogen-bond acceptors (Lipinski definition) is 4. The number of fused-ring (bicyclic) bond motifs is 1. The molecule has 1 amide bonds. The largest absolute Gasteiger partial charge is 0.462 e. The fourth-order valence-corrected chi connectivity index (χ4v) is 4.10. The van der Waals surface area contributed by atoms with Crippen molar-refractivity contribution in [3.8, 4) is 5.69 Å². The third-order valence-corrected chi connectivity index (χ3v) is 5.55. The summed E-state index contributed by atoms with van der Waals surface area (Å²) < 4.78 is 20.5. The van der Waals surface area contributed by atoms with Gasteiger partial charge in [0.1, 0.15) is 11.4 Å². The molecule has 2 aromatic carbocycles. The van der Waals surface area contributed by atoms with Gasteiger partial charge in [0, 0.05) is 12.1 Å². The fraction of sp³-hybridized carbons (Fsp3) is 0.292. The van der Waals surface area contributed by atoms with Crippen molar-refractivity contribution in [2.45, 2.75) is 33.6 Å². The van der Waals surface area contributed by atoms with Crippen LogP contribution >= 0.6 is 0 Å². The Balaban J connectivity index is 1.61. The van der Waals surface area contributed by atoms with Crippen LogP contribution in [0.3, 0.4) is 0 Å². The van der Waals surface area contributed by atoms with Crippen LogP contribution in [0.15, 0.2) is 42.6 Å². The van der Waals surface area contributed by atoms with E-state index in [1.54, 1.807) is 47.7 Å². The van der Waals surface area contributed by atoms with E-state index >= 15 is 0 Å². The maximum Gasteiger partial charge on any atom is 0.341 e. The molecule has 4 rings (SSSR count). The van der Waals surface area contributed by atoms with E-state index in [2.05, 4.69) is 5.10 Å². The van der Waals surface area contributed by atoms with Crippen molar-refractivity contribution in [1.29, 1.82) is 0 Å². The smallest absolute Gasteiger partial charge is 0.341 e. The van der Waals surface area contributed by atoms with Gasteiger partial charge in [0.2, 0.25) is 0 Å². The second-order valence-corrected chi connectivity index (χ2v) is 7.61. The second kappa shape index (κ2) is 8.34. The van der Waals surface area contributed by atoms with E-state index in [0.29, 0.717) is 30.0 Å². The number of aromatic nitrogens is 2. The van der Waals surface area contributed by atoms with Gasteiger partial charge in [-0.1, -0.05) is 0 Å². The number of carbonyl (C=O) groups excluding carboxylic acids is 2. The van der Waals surface area contributed by atoms with Crippen LogP contribution in [0.5, 0.6) is 0 Å². The number of rotatable bonds is 4. The number of hydrogen-bond donors (Lipinski definition) is 0. The lowest BCUT2D eigenvalue weighted by molar-refractivity contribution is 0.0525. The Morgan fingerprint density at radius 1 is 1.16 bits per heavy atom. The van der Waals surface area contributed by atoms with E-state index < -0.39 is 5.97 Å². The van der Waals surface area contributed by atoms with E-state index in [9.17, 15) is 14.0 Å². The molecule has 0 atom stereocenters. The first-order chi connectivity index (χ1) is 14.9. The minimum atomic E-state index is -0.409. The molecule has 1 aliphatic rings. The Morgan fingerprint density at radius 2 is 1.90 bits per heavy atom. The van der Waals surface area contributed by atoms with E-state index in [1.807, 2.05) is 6.92 Å². The van der Waals surface area contributed by atoms with Crippen LogP contribution in [0.2, 0.25) is 0 Å². The zero-order valence-electron chi connectivity index (χ0n) is 17.8. The number of carbonyl (C=O) groups is 2. The highest BCUT2D eigenvalue weighted by Crippen LogP contribution is 2.32. The van der Waals surface area contributed by atoms with Crippen LogP contribution in [-0.2, 0) is 11.2 Å². The molecule has 6 nitrogen and oxygen atoms in total. The summed E-state index contributed by atoms with van der Waals surface area (Å²) in [6.45, 7) is 6.28. The van der Waals surface area contributed by atoms with Gasteiger partial charge in [-0.25, -0.2) is 13.9 Å². The summed E-state index contributed by atoms with van der Waals surface area (Å²) in [5, 5.41) is 4.29. The number of nitrogens with zero attached hydrogens (tertiary/aromatic N) is 3. The molecule has 0 saturated carbocycles. The first kappa shape index (κ1) is 20.8. The van der Waals surface area contributed by atoms with Gasteiger partial charge in [-0.15, -0.1) is 0 Å². The lowest BCUT2D eigenvalue weighted by atomic mass is 9.97. The molecule has 31 heavy (non-hydrogen) atoms. The molecule has 0 N–H and O–H groups in total. The third kappa shape index (κ3) is 3.83. The molecule has 2 heterocycles. The molecule has 3 aromatic rings. The number of benzene rings is 2. The van der Waals surface area contributed by atoms with Crippen molar-refractivity contribution in [3.63, 3.8) is 0 Å². The van der Waals surface area contributed by atoms with Crippen molar-refractivity contribution in [2.75, 3.05) is 18.1 Å². The Labute approximate surface area is 180 Å². The maximum absolute atomic E-state index is 13.8. The van der Waals surface area contributed by atoms with E-state index in [1.165, 1.54) is 18.3 Å². The van der Waals surface area contributed by atoms with E-state index in [0.717, 1.165) is 35.3 Å². The zero-order valence-corrected chi connectivity index (χ0v) is 17.8. The topological polar surface area (TPSA) is 64.4 Å². The molecule has 1 aliphatic heterocycles. The van der Waals surface area contributed by atoms with Crippen molar-refractivity contribution in [3.05, 3.63) is 76.4 Å². The molecule has 0 aliphatic carbocycles. The van der Waals surface area contributed by atoms with Gasteiger partial charge in [-0.3, -0.25) is 4.79 Å². The van der Waals surface area contributed by atoms with Gasteiger partial charge in [-0.2, -0.15) is 5.10 Å². The summed E-state index contributed by atoms with van der Waals surface area (Å²) in [6.07, 6.45) is 3.04. The quantitative estimate of drug-likeness (QED) is 0.586. The van der Waals surface area contributed by atoms with Crippen LogP contribution < -0.4 is 4.90 Å². The van der Waals surface area contributed by atoms with E-state index in [4.69, 9.17) is 4.74 Å². The number of amides is 1. The first-order valence-corrected chi connectivity index (χ1v) is 10.3. The summed E-state index contributed by atoms with van der Waals surface area (Å²) >= 11 is 0. The lowest BCUT2D eigenvalue weighted by Crippen LogP contribution is -2.36. The summed E-state index contributed by atoms with van der Waals surface area (Å²) in [6, 6.07) is 10.1. The van der Waals surface area contributed by atoms with Crippen LogP contribution in [0.1, 0.15) is 50.9 Å². The predicted octanol–water partition coefficient (Wildman–Crippen LogP) is 4.40. The first-order valence-electron chi connectivity index (χ1n) is 10.3. The summed E-state index contributed by atoms with van der Waals surface area (Å²) in [5.41, 5.74) is 4.79. The highest BCUT2D eigenvalue weighted by atomic mass is 19.1. The lowest BCUT2D eigenvalue weighted by Gasteiger charge is -2.31. The van der Waals surface area contributed by atoms with Gasteiger partial charge in [0.15, 0.2) is 0 Å². The summed E-state index contributed by atoms with van der Waals surface area (Å²) in [5.74, 6) is -0.799. The average Bonchev–Trinajstić information content (AvgIpc) is 3.14. The fourth-order valence-electron chi connectivity index (χ4n) is 4.10. The number of esters is 1. The number of anilines is 1. The Morgan fingerprint density at radius 3 is 2.61 bits per heavy atom. The molecular formula is C24H24FN3O3. The molecule has 0 saturated heterocycles. The van der Waals surface area contributed by atoms with Gasteiger partial charge in [-0.05, 0) is 81.1 Å². The van der Waals surface area contributed by atoms with Crippen LogP contribution in [0, 0.1) is 19.7 Å². The molecule has 0 unspecified atom stereocenters. The highest BCUT2D eigenvalue weighted by Gasteiger charge is 2.26. The van der Waals surface area contributed by atoms with Crippen molar-refractivity contribution in [1.82, 2.24) is 9.78 Å². The standard InChI is InChI=1S/C24H24FN3O3/c1-4-31-24(30)21-14-26-28(16(21)3)20-9-7-17(8-10-20)23(29)27-11-5-6-18-13-19(25)12-15(2)22(18)27/h7-10,12-14H,4-6,11H2,1-3H3. The number of ether oxygens (including phenoxy) is 1. The molecule has 7 heteroatoms. The third-order valence-electron chi connectivity index (χ3n) is 5.55. The van der Waals surface area contributed by atoms with Crippen molar-refractivity contribution < 1.29 is 18.7 Å².